The molecule has 0 radical (unpaired) electrons. The van der Waals surface area contributed by atoms with Crippen LogP contribution in [0.25, 0.3) is 0 Å². The van der Waals surface area contributed by atoms with Crippen molar-refractivity contribution in [1.82, 2.24) is 0 Å². The van der Waals surface area contributed by atoms with Crippen LogP contribution in [-0.4, -0.2) is 99.2 Å². The minimum absolute atomic E-state index is 0.00124. The maximum Gasteiger partial charge on any atom is 0.472 e. The molecule has 0 spiro atoms. The van der Waals surface area contributed by atoms with E-state index in [-0.39, 0.29) is 31.4 Å². The highest BCUT2D eigenvalue weighted by atomic mass is 32.2. The molecule has 6 atom stereocenters. The number of unbranched alkanes of at least 4 members (excludes halogenated alkanes) is 14. The lowest BCUT2D eigenvalue weighted by Crippen LogP contribution is -2.38. The Morgan fingerprint density at radius 2 is 1.22 bits per heavy atom. The van der Waals surface area contributed by atoms with E-state index in [2.05, 4.69) is 42.7 Å². The molecule has 0 aromatic rings. The number of ether oxygens (including phenoxy) is 2. The van der Waals surface area contributed by atoms with Crippen molar-refractivity contribution in [2.45, 2.75) is 185 Å². The molecule has 15 nitrogen and oxygen atoms in total. The van der Waals surface area contributed by atoms with Gasteiger partial charge < -0.3 is 41.2 Å². The monoisotopic (exact) mass is 945 g/mol. The highest BCUT2D eigenvalue weighted by Crippen LogP contribution is 2.43. The van der Waals surface area contributed by atoms with Crippen molar-refractivity contribution in [2.24, 2.45) is 11.5 Å². The fourth-order valence-electron chi connectivity index (χ4n) is 5.91. The molecular weight excluding hydrogens is 864 g/mol. The van der Waals surface area contributed by atoms with Gasteiger partial charge in [0.1, 0.15) is 18.7 Å². The maximum atomic E-state index is 13.0. The molecule has 0 aromatic carbocycles. The summed E-state index contributed by atoms with van der Waals surface area (Å²) >= 11 is 1.18. The van der Waals surface area contributed by atoms with Gasteiger partial charge in [0.2, 0.25) is 0 Å². The number of phosphoric ester groups is 1. The van der Waals surface area contributed by atoms with Gasteiger partial charge in [-0.15, -0.1) is 11.8 Å². The number of carboxylic acids is 2. The fraction of sp³-hybridized carbons (Fsp3) is 0.702. The van der Waals surface area contributed by atoms with Crippen molar-refractivity contribution in [2.75, 3.05) is 25.6 Å². The van der Waals surface area contributed by atoms with E-state index in [1.165, 1.54) is 56.7 Å². The molecule has 0 amide bonds. The number of aliphatic hydroxyl groups excluding tert-OH is 1. The Bertz CT molecular complexity index is 1440. The average molecular weight is 945 g/mol. The Morgan fingerprint density at radius 1 is 0.656 bits per heavy atom. The van der Waals surface area contributed by atoms with Crippen LogP contribution in [0.5, 0.6) is 0 Å². The topological polar surface area (TPSA) is 255 Å². The summed E-state index contributed by atoms with van der Waals surface area (Å²) in [6.45, 7) is 2.23. The first-order valence-corrected chi connectivity index (χ1v) is 25.8. The summed E-state index contributed by atoms with van der Waals surface area (Å²) < 4.78 is 32.8. The van der Waals surface area contributed by atoms with Crippen LogP contribution in [-0.2, 0) is 42.3 Å². The predicted molar refractivity (Wildman–Crippen MR) is 255 cm³/mol. The molecule has 0 rings (SSSR count). The van der Waals surface area contributed by atoms with E-state index in [0.717, 1.165) is 64.2 Å². The lowest BCUT2D eigenvalue weighted by molar-refractivity contribution is -0.161. The number of aliphatic carboxylic acids is 2. The number of allylic oxidation sites excluding steroid dienone is 9. The van der Waals surface area contributed by atoms with Crippen LogP contribution in [0.1, 0.15) is 155 Å². The van der Waals surface area contributed by atoms with Crippen LogP contribution < -0.4 is 11.5 Å². The molecule has 0 aromatic heterocycles. The number of hydrogen-bond donors (Lipinski definition) is 6. The Morgan fingerprint density at radius 3 is 1.86 bits per heavy atom. The van der Waals surface area contributed by atoms with Crippen molar-refractivity contribution in [3.8, 4) is 0 Å². The second-order valence-corrected chi connectivity index (χ2v) is 18.4. The van der Waals surface area contributed by atoms with Gasteiger partial charge in [0.15, 0.2) is 6.10 Å². The normalized spacial score (nSPS) is 15.5. The van der Waals surface area contributed by atoms with Gasteiger partial charge in [-0.25, -0.2) is 4.57 Å². The zero-order chi connectivity index (χ0) is 47.7. The van der Waals surface area contributed by atoms with Crippen molar-refractivity contribution in [3.63, 3.8) is 0 Å². The Balaban J connectivity index is 5.23. The average Bonchev–Trinajstić information content (AvgIpc) is 3.25. The molecule has 0 bridgehead atoms. The zero-order valence-electron chi connectivity index (χ0n) is 38.5. The molecule has 368 valence electrons. The number of hydrogen-bond acceptors (Lipinski definition) is 13. The van der Waals surface area contributed by atoms with Crippen molar-refractivity contribution in [3.05, 3.63) is 60.8 Å². The molecule has 0 heterocycles. The Kier molecular flexibility index (Phi) is 39.4. The molecule has 64 heavy (non-hydrogen) atoms. The summed E-state index contributed by atoms with van der Waals surface area (Å²) in [4.78, 5) is 57.9. The number of phosphoric acid groups is 1. The van der Waals surface area contributed by atoms with Gasteiger partial charge in [0, 0.05) is 23.8 Å². The summed E-state index contributed by atoms with van der Waals surface area (Å²) in [7, 11) is -4.85. The molecule has 0 aliphatic heterocycles. The number of carbonyl (C=O) groups is 4. The first-order chi connectivity index (χ1) is 30.7. The van der Waals surface area contributed by atoms with Crippen LogP contribution in [0.15, 0.2) is 60.8 Å². The van der Waals surface area contributed by atoms with E-state index in [0.29, 0.717) is 6.42 Å². The molecule has 0 fully saturated rings. The predicted octanol–water partition coefficient (Wildman–Crippen LogP) is 9.26. The molecule has 0 saturated carbocycles. The molecule has 17 heteroatoms. The molecule has 1 unspecified atom stereocenters. The number of nitrogens with two attached hydrogens (primary N) is 2. The Labute approximate surface area is 387 Å². The quantitative estimate of drug-likeness (QED) is 0.0109. The van der Waals surface area contributed by atoms with Crippen LogP contribution >= 0.6 is 19.6 Å². The first kappa shape index (κ1) is 60.9. The SMILES string of the molecule is CCCCC/C=C\C\C=C/C=C/C=C/[C@@H](SC[C@H](N)C(=O)OC[C@H](COP(=O)(O)OC[C@H](N)C(=O)O)OC(=O)CCCCCCCCC/C=C\CCCCCC)[C@@H](O)CCCC(=O)O. The zero-order valence-corrected chi connectivity index (χ0v) is 40.2. The van der Waals surface area contributed by atoms with E-state index in [1.54, 1.807) is 18.2 Å². The van der Waals surface area contributed by atoms with Crippen molar-refractivity contribution < 1.29 is 62.5 Å². The van der Waals surface area contributed by atoms with Gasteiger partial charge in [-0.05, 0) is 64.2 Å². The fourth-order valence-corrected chi connectivity index (χ4v) is 7.82. The third-order valence-corrected chi connectivity index (χ3v) is 12.1. The highest BCUT2D eigenvalue weighted by Gasteiger charge is 2.29. The number of rotatable bonds is 43. The minimum Gasteiger partial charge on any atom is -0.481 e. The molecule has 8 N–H and O–H groups in total. The first-order valence-electron chi connectivity index (χ1n) is 23.3. The summed E-state index contributed by atoms with van der Waals surface area (Å²) in [6, 6.07) is -2.79. The van der Waals surface area contributed by atoms with Gasteiger partial charge in [-0.2, -0.15) is 0 Å². The number of thioether (sulfide) groups is 1. The minimum atomic E-state index is -4.85. The number of esters is 2. The largest absolute Gasteiger partial charge is 0.481 e. The number of carbonyl (C=O) groups excluding carboxylic acids is 2. The third-order valence-electron chi connectivity index (χ3n) is 9.73. The Hall–Kier alpha value is -3.08. The van der Waals surface area contributed by atoms with Gasteiger partial charge in [0.05, 0.1) is 19.3 Å². The van der Waals surface area contributed by atoms with E-state index < -0.39 is 81.1 Å². The van der Waals surface area contributed by atoms with Crippen LogP contribution in [0, 0.1) is 0 Å². The number of carboxylic acid groups (broad SMARTS) is 2. The van der Waals surface area contributed by atoms with Gasteiger partial charge >= 0.3 is 31.7 Å². The summed E-state index contributed by atoms with van der Waals surface area (Å²) in [5.41, 5.74) is 11.5. The van der Waals surface area contributed by atoms with E-state index in [4.69, 9.17) is 35.7 Å². The smallest absolute Gasteiger partial charge is 0.472 e. The van der Waals surface area contributed by atoms with Crippen LogP contribution in [0.2, 0.25) is 0 Å². The van der Waals surface area contributed by atoms with Gasteiger partial charge in [-0.1, -0.05) is 139 Å². The molecule has 0 aliphatic rings. The summed E-state index contributed by atoms with van der Waals surface area (Å²) in [5, 5.41) is 28.3. The lowest BCUT2D eigenvalue weighted by atomic mass is 10.1. The van der Waals surface area contributed by atoms with Gasteiger partial charge in [-0.3, -0.25) is 28.2 Å². The summed E-state index contributed by atoms with van der Waals surface area (Å²) in [5.74, 6) is -3.96. The molecule has 0 saturated heterocycles. The van der Waals surface area contributed by atoms with E-state index >= 15 is 0 Å². The molecule has 0 aliphatic carbocycles. The third kappa shape index (κ3) is 38.2. The lowest BCUT2D eigenvalue weighted by Gasteiger charge is -2.22. The van der Waals surface area contributed by atoms with E-state index in [1.807, 2.05) is 18.2 Å². The maximum absolute atomic E-state index is 13.0. The number of aliphatic hydroxyl groups is 1. The second-order valence-electron chi connectivity index (χ2n) is 15.7. The van der Waals surface area contributed by atoms with Gasteiger partial charge in [0.25, 0.3) is 0 Å². The highest BCUT2D eigenvalue weighted by molar-refractivity contribution is 8.00. The van der Waals surface area contributed by atoms with Crippen LogP contribution in [0.4, 0.5) is 0 Å². The molecular formula is C47H81N2O13PS. The van der Waals surface area contributed by atoms with Crippen molar-refractivity contribution in [1.29, 1.82) is 0 Å². The second kappa shape index (κ2) is 41.4. The van der Waals surface area contributed by atoms with Crippen molar-refractivity contribution >= 4 is 43.5 Å². The summed E-state index contributed by atoms with van der Waals surface area (Å²) in [6.07, 6.45) is 37.6. The van der Waals surface area contributed by atoms with E-state index in [9.17, 15) is 33.7 Å². The van der Waals surface area contributed by atoms with Crippen LogP contribution in [0.3, 0.4) is 0 Å². The standard InChI is InChI=1S/C47H81N2O13PS/c1-3-5-7-9-11-13-15-17-18-19-21-23-25-27-29-34-45(53)62-39(36-60-63(57,58)61-37-40(48)46(54)55)35-59-47(56)41(49)38-64-43(42(50)31-30-33-44(51)52)32-28-26-24-22-20-16-14-12-10-8-6-4-2/h12-15,20,22,24,26,28,32,39-43,50H,3-11,16-19,21,23,25,27,29-31,33-38,48-49H2,1-2H3,(H,51,52)(H,54,55)(H,57,58)/b14-12-,15-13-,22-20-,26-24+,32-28+/t39-,40+,41+,42+,43-/m1/s1.